The van der Waals surface area contributed by atoms with Gasteiger partial charge < -0.3 is 9.64 Å². The van der Waals surface area contributed by atoms with E-state index in [0.717, 1.165) is 63.7 Å². The number of aromatic nitrogens is 4. The number of nitrogens with one attached hydrogen (secondary N) is 1. The molecule has 1 aliphatic carbocycles. The molecule has 1 aromatic heterocycles. The molecule has 2 aliphatic rings. The predicted molar refractivity (Wildman–Crippen MR) is 110 cm³/mol. The number of ether oxygens (including phenoxy) is 1. The zero-order chi connectivity index (χ0) is 24.4. The van der Waals surface area contributed by atoms with Crippen LogP contribution < -0.4 is 0 Å². The molecule has 2 fully saturated rings. The van der Waals surface area contributed by atoms with Crippen molar-refractivity contribution in [2.45, 2.75) is 68.8 Å². The summed E-state index contributed by atoms with van der Waals surface area (Å²) in [6.07, 6.45) is -4.31. The van der Waals surface area contributed by atoms with E-state index in [1.54, 1.807) is 0 Å². The zero-order valence-electron chi connectivity index (χ0n) is 18.6. The predicted octanol–water partition coefficient (Wildman–Crippen LogP) is 4.99. The van der Waals surface area contributed by atoms with E-state index in [1.165, 1.54) is 0 Å². The first-order chi connectivity index (χ1) is 16.0. The fourth-order valence-electron chi connectivity index (χ4n) is 5.02. The van der Waals surface area contributed by atoms with Crippen LogP contribution in [-0.4, -0.2) is 57.4 Å². The summed E-state index contributed by atoms with van der Waals surface area (Å²) in [6, 6.07) is 1.71. The Morgan fingerprint density at radius 3 is 2.12 bits per heavy atom. The minimum Gasteiger partial charge on any atom is -0.373 e. The van der Waals surface area contributed by atoms with Gasteiger partial charge in [0.15, 0.2) is 5.82 Å². The molecule has 0 radical (unpaired) electrons. The lowest BCUT2D eigenvalue weighted by atomic mass is 9.93. The summed E-state index contributed by atoms with van der Waals surface area (Å²) in [6.45, 7) is 2.44. The van der Waals surface area contributed by atoms with Gasteiger partial charge in [0.05, 0.1) is 23.3 Å². The van der Waals surface area contributed by atoms with Gasteiger partial charge in [-0.1, -0.05) is 18.1 Å². The monoisotopic (exact) mass is 491 g/mol. The summed E-state index contributed by atoms with van der Waals surface area (Å²) in [5, 5.41) is 14.2. The lowest BCUT2D eigenvalue weighted by Crippen LogP contribution is -2.46. The molecule has 0 spiro atoms. The smallest absolute Gasteiger partial charge is 0.373 e. The van der Waals surface area contributed by atoms with Gasteiger partial charge >= 0.3 is 12.4 Å². The molecule has 1 N–H and O–H groups in total. The first-order valence-electron chi connectivity index (χ1n) is 11.4. The number of aromatic amines is 1. The van der Waals surface area contributed by atoms with Crippen LogP contribution in [0.4, 0.5) is 26.3 Å². The van der Waals surface area contributed by atoms with Crippen molar-refractivity contribution in [3.05, 3.63) is 40.7 Å². The Labute approximate surface area is 193 Å². The van der Waals surface area contributed by atoms with Crippen molar-refractivity contribution in [1.82, 2.24) is 25.5 Å². The molecule has 1 saturated carbocycles. The van der Waals surface area contributed by atoms with Gasteiger partial charge in [0.2, 0.25) is 0 Å². The number of alkyl halides is 6. The van der Waals surface area contributed by atoms with Gasteiger partial charge in [-0.3, -0.25) is 0 Å². The molecule has 188 valence electrons. The number of rotatable bonds is 7. The summed E-state index contributed by atoms with van der Waals surface area (Å²) in [5.41, 5.74) is -3.04. The number of tetrazole rings is 1. The minimum atomic E-state index is -4.85. The third-order valence-electron chi connectivity index (χ3n) is 6.79. The molecule has 0 amide bonds. The Morgan fingerprint density at radius 2 is 1.59 bits per heavy atom. The topological polar surface area (TPSA) is 66.9 Å². The number of piperidine rings is 1. The molecule has 2 heterocycles. The number of hydrogen-bond donors (Lipinski definition) is 1. The average Bonchev–Trinajstić information content (AvgIpc) is 3.46. The number of halogens is 6. The van der Waals surface area contributed by atoms with Crippen molar-refractivity contribution in [3.63, 3.8) is 0 Å². The van der Waals surface area contributed by atoms with Crippen molar-refractivity contribution in [2.75, 3.05) is 26.2 Å². The van der Waals surface area contributed by atoms with Crippen molar-refractivity contribution in [3.8, 4) is 0 Å². The Kier molecular flexibility index (Phi) is 7.18. The Balaban J connectivity index is 1.37. The standard InChI is InChI=1S/C22H27F6N5O/c23-21(24,25)17-11-15(12-18(13-17)22(26,27)28)5-10-34-20(6-1-2-7-20)14-33-8-3-16(4-9-33)19-29-31-32-30-19/h11-13,16H,1-10,14H2,(H,29,30,31,32). The quantitative estimate of drug-likeness (QED) is 0.553. The van der Waals surface area contributed by atoms with E-state index < -0.39 is 29.1 Å². The molecule has 2 aromatic rings. The molecule has 34 heavy (non-hydrogen) atoms. The summed E-state index contributed by atoms with van der Waals surface area (Å²) in [4.78, 5) is 2.31. The molecule has 1 aromatic carbocycles. The molecule has 12 heteroatoms. The van der Waals surface area contributed by atoms with Crippen LogP contribution in [0.25, 0.3) is 0 Å². The first kappa shape index (κ1) is 24.9. The second-order valence-electron chi connectivity index (χ2n) is 9.22. The maximum absolute atomic E-state index is 13.1. The Bertz CT molecular complexity index is 900. The third kappa shape index (κ3) is 6.07. The van der Waals surface area contributed by atoms with Gasteiger partial charge in [0.25, 0.3) is 0 Å². The van der Waals surface area contributed by atoms with Gasteiger partial charge in [0.1, 0.15) is 0 Å². The van der Waals surface area contributed by atoms with Crippen LogP contribution in [0.1, 0.15) is 67.0 Å². The molecule has 0 unspecified atom stereocenters. The van der Waals surface area contributed by atoms with Gasteiger partial charge in [0, 0.05) is 12.5 Å². The van der Waals surface area contributed by atoms with Gasteiger partial charge in [-0.05, 0) is 69.0 Å². The van der Waals surface area contributed by atoms with Gasteiger partial charge in [-0.2, -0.15) is 31.6 Å². The van der Waals surface area contributed by atoms with Gasteiger partial charge in [-0.15, -0.1) is 10.2 Å². The van der Waals surface area contributed by atoms with E-state index in [1.807, 2.05) is 0 Å². The van der Waals surface area contributed by atoms with Crippen LogP contribution in [0, 0.1) is 0 Å². The molecule has 0 bridgehead atoms. The first-order valence-corrected chi connectivity index (χ1v) is 11.4. The van der Waals surface area contributed by atoms with Crippen LogP contribution in [-0.2, 0) is 23.5 Å². The van der Waals surface area contributed by atoms with E-state index in [0.29, 0.717) is 12.4 Å². The Hall–Kier alpha value is -2.21. The molecule has 1 saturated heterocycles. The highest BCUT2D eigenvalue weighted by molar-refractivity contribution is 5.33. The van der Waals surface area contributed by atoms with Crippen LogP contribution in [0.3, 0.4) is 0 Å². The second kappa shape index (κ2) is 9.80. The fourth-order valence-corrected chi connectivity index (χ4v) is 5.02. The number of nitrogens with zero attached hydrogens (tertiary/aromatic N) is 4. The molecular formula is C22H27F6N5O. The van der Waals surface area contributed by atoms with Crippen LogP contribution in [0.5, 0.6) is 0 Å². The van der Waals surface area contributed by atoms with Crippen molar-refractivity contribution >= 4 is 0 Å². The molecule has 4 rings (SSSR count). The normalized spacial score (nSPS) is 20.2. The van der Waals surface area contributed by atoms with E-state index in [9.17, 15) is 26.3 Å². The van der Waals surface area contributed by atoms with Crippen molar-refractivity contribution < 1.29 is 31.1 Å². The van der Waals surface area contributed by atoms with Crippen LogP contribution >= 0.6 is 0 Å². The van der Waals surface area contributed by atoms with E-state index >= 15 is 0 Å². The lowest BCUT2D eigenvalue weighted by Gasteiger charge is -2.38. The van der Waals surface area contributed by atoms with Crippen LogP contribution in [0.2, 0.25) is 0 Å². The number of hydrogen-bond acceptors (Lipinski definition) is 5. The summed E-state index contributed by atoms with van der Waals surface area (Å²) < 4.78 is 85.0. The third-order valence-corrected chi connectivity index (χ3v) is 6.79. The summed E-state index contributed by atoms with van der Waals surface area (Å²) in [5.74, 6) is 0.963. The Morgan fingerprint density at radius 1 is 0.971 bits per heavy atom. The van der Waals surface area contributed by atoms with Gasteiger partial charge in [-0.25, -0.2) is 0 Å². The molecule has 0 atom stereocenters. The lowest BCUT2D eigenvalue weighted by molar-refractivity contribution is -0.143. The number of H-pyrrole nitrogens is 1. The minimum absolute atomic E-state index is 0.0192. The van der Waals surface area contributed by atoms with Crippen molar-refractivity contribution in [1.29, 1.82) is 0 Å². The van der Waals surface area contributed by atoms with Crippen molar-refractivity contribution in [2.24, 2.45) is 0 Å². The second-order valence-corrected chi connectivity index (χ2v) is 9.22. The highest BCUT2D eigenvalue weighted by Crippen LogP contribution is 2.38. The van der Waals surface area contributed by atoms with E-state index in [2.05, 4.69) is 25.5 Å². The highest BCUT2D eigenvalue weighted by Gasteiger charge is 2.39. The maximum Gasteiger partial charge on any atom is 0.416 e. The maximum atomic E-state index is 13.1. The molecular weight excluding hydrogens is 464 g/mol. The number of likely N-dealkylation sites (tertiary alicyclic amines) is 1. The molecule has 6 nitrogen and oxygen atoms in total. The molecule has 1 aliphatic heterocycles. The van der Waals surface area contributed by atoms with E-state index in [-0.39, 0.29) is 30.6 Å². The SMILES string of the molecule is FC(F)(F)c1cc(CCOC2(CN3CCC(c4nn[nH]n4)CC3)CCCC2)cc(C(F)(F)F)c1. The van der Waals surface area contributed by atoms with E-state index in [4.69, 9.17) is 4.74 Å². The average molecular weight is 491 g/mol. The largest absolute Gasteiger partial charge is 0.416 e. The van der Waals surface area contributed by atoms with Crippen LogP contribution in [0.15, 0.2) is 18.2 Å². The fraction of sp³-hybridized carbons (Fsp3) is 0.682. The number of benzene rings is 1. The highest BCUT2D eigenvalue weighted by atomic mass is 19.4. The zero-order valence-corrected chi connectivity index (χ0v) is 18.6. The summed E-state index contributed by atoms with van der Waals surface area (Å²) in [7, 11) is 0. The summed E-state index contributed by atoms with van der Waals surface area (Å²) >= 11 is 0.